The molecule has 2 unspecified atom stereocenters. The average molecular weight is 519 g/mol. The molecule has 1 N–H and O–H groups in total. The topological polar surface area (TPSA) is 73.6 Å². The Bertz CT molecular complexity index is 1280. The third-order valence-corrected chi connectivity index (χ3v) is 6.70. The highest BCUT2D eigenvalue weighted by Gasteiger charge is 2.35. The van der Waals surface area contributed by atoms with E-state index in [1.165, 1.54) is 12.1 Å². The fourth-order valence-corrected chi connectivity index (χ4v) is 5.71. The van der Waals surface area contributed by atoms with E-state index in [4.69, 9.17) is 9.72 Å². The molecule has 1 aromatic heterocycles. The van der Waals surface area contributed by atoms with Gasteiger partial charge in [-0.05, 0) is 68.2 Å². The van der Waals surface area contributed by atoms with E-state index in [2.05, 4.69) is 30.1 Å². The molecule has 0 spiro atoms. The van der Waals surface area contributed by atoms with Crippen LogP contribution < -0.4 is 9.47 Å². The predicted octanol–water partition coefficient (Wildman–Crippen LogP) is 7.40. The van der Waals surface area contributed by atoms with E-state index in [0.717, 1.165) is 36.2 Å². The van der Waals surface area contributed by atoms with Gasteiger partial charge in [0.05, 0.1) is 17.1 Å². The molecule has 0 amide bonds. The molecule has 1 saturated carbocycles. The highest BCUT2D eigenvalue weighted by molar-refractivity contribution is 5.96. The number of imidazole rings is 1. The molecule has 1 aliphatic rings. The summed E-state index contributed by atoms with van der Waals surface area (Å²) in [6, 6.07) is 9.21. The van der Waals surface area contributed by atoms with Crippen LogP contribution in [-0.4, -0.2) is 33.1 Å². The molecule has 1 heterocycles. The number of hydrogen-bond acceptors (Lipinski definition) is 4. The number of carbonyl (C=O) groups is 1. The molecule has 6 nitrogen and oxygen atoms in total. The van der Waals surface area contributed by atoms with Crippen molar-refractivity contribution in [3.8, 4) is 11.5 Å². The van der Waals surface area contributed by atoms with Crippen molar-refractivity contribution in [1.29, 1.82) is 0 Å². The minimum Gasteiger partial charge on any atom is -0.490 e. The van der Waals surface area contributed by atoms with Crippen LogP contribution in [0.15, 0.2) is 36.4 Å². The van der Waals surface area contributed by atoms with Crippen molar-refractivity contribution >= 4 is 17.0 Å². The Morgan fingerprint density at radius 2 is 1.86 bits per heavy atom. The highest BCUT2D eigenvalue weighted by atomic mass is 19.4. The van der Waals surface area contributed by atoms with Crippen molar-refractivity contribution in [1.82, 2.24) is 9.55 Å². The number of alkyl halides is 3. The van der Waals surface area contributed by atoms with Crippen molar-refractivity contribution in [3.05, 3.63) is 53.3 Å². The number of carboxylic acids is 1. The fourth-order valence-electron chi connectivity index (χ4n) is 5.71. The molecule has 0 radical (unpaired) electrons. The molecule has 1 aliphatic carbocycles. The minimum absolute atomic E-state index is 0.0448. The third-order valence-electron chi connectivity index (χ3n) is 6.70. The standard InChI is InChI=1S/C28H33F3N2O4/c1-16(2)36-24-13-23-22(12-21(24)26(34)35)32-25(33(23)19-10-17(3)14-27(4,5)15-19)11-18-6-8-20(9-7-18)37-28(29,30)31/h6-9,12-13,16-17,19H,10-11,14-15H2,1-5H3,(H,34,35). The van der Waals surface area contributed by atoms with Crippen LogP contribution in [0.2, 0.25) is 0 Å². The van der Waals surface area contributed by atoms with E-state index in [9.17, 15) is 23.1 Å². The molecular formula is C28H33F3N2O4. The summed E-state index contributed by atoms with van der Waals surface area (Å²) >= 11 is 0. The van der Waals surface area contributed by atoms with Crippen LogP contribution in [0.1, 0.15) is 81.7 Å². The van der Waals surface area contributed by atoms with Gasteiger partial charge in [0, 0.05) is 18.5 Å². The number of hydrogen-bond donors (Lipinski definition) is 1. The number of rotatable bonds is 7. The van der Waals surface area contributed by atoms with Gasteiger partial charge in [0.25, 0.3) is 0 Å². The predicted molar refractivity (Wildman–Crippen MR) is 134 cm³/mol. The molecule has 0 aliphatic heterocycles. The number of ether oxygens (including phenoxy) is 2. The summed E-state index contributed by atoms with van der Waals surface area (Å²) in [6.45, 7) is 10.4. The van der Waals surface area contributed by atoms with E-state index in [1.807, 2.05) is 13.8 Å². The second-order valence-corrected chi connectivity index (χ2v) is 11.1. The number of fused-ring (bicyclic) bond motifs is 1. The quantitative estimate of drug-likeness (QED) is 0.353. The van der Waals surface area contributed by atoms with Crippen LogP contribution in [0.4, 0.5) is 13.2 Å². The normalized spacial score (nSPS) is 19.8. The first kappa shape index (κ1) is 26.8. The molecule has 2 aromatic carbocycles. The van der Waals surface area contributed by atoms with Crippen LogP contribution in [0.25, 0.3) is 11.0 Å². The molecule has 0 saturated heterocycles. The zero-order valence-corrected chi connectivity index (χ0v) is 21.7. The summed E-state index contributed by atoms with van der Waals surface area (Å²) in [5.74, 6) is 0.130. The Morgan fingerprint density at radius 1 is 1.19 bits per heavy atom. The van der Waals surface area contributed by atoms with Crippen LogP contribution in [0.5, 0.6) is 11.5 Å². The minimum atomic E-state index is -4.75. The van der Waals surface area contributed by atoms with E-state index in [-0.39, 0.29) is 28.9 Å². The lowest BCUT2D eigenvalue weighted by Gasteiger charge is -2.40. The smallest absolute Gasteiger partial charge is 0.490 e. The van der Waals surface area contributed by atoms with Crippen LogP contribution in [0, 0.1) is 11.3 Å². The Morgan fingerprint density at radius 3 is 2.43 bits per heavy atom. The van der Waals surface area contributed by atoms with Crippen LogP contribution in [-0.2, 0) is 6.42 Å². The number of aromatic nitrogens is 2. The molecule has 200 valence electrons. The van der Waals surface area contributed by atoms with Crippen molar-refractivity contribution in [2.45, 2.75) is 78.8 Å². The second kappa shape index (κ2) is 9.91. The molecule has 2 atom stereocenters. The van der Waals surface area contributed by atoms with Gasteiger partial charge >= 0.3 is 12.3 Å². The SMILES string of the molecule is CC1CC(n2c(Cc3ccc(OC(F)(F)F)cc3)nc3cc(C(=O)O)c(OC(C)C)cc32)CC(C)(C)C1. The van der Waals surface area contributed by atoms with E-state index in [1.54, 1.807) is 24.3 Å². The lowest BCUT2D eigenvalue weighted by molar-refractivity contribution is -0.274. The number of aromatic carboxylic acids is 1. The molecule has 9 heteroatoms. The Kier molecular flexibility index (Phi) is 7.18. The highest BCUT2D eigenvalue weighted by Crippen LogP contribution is 2.46. The second-order valence-electron chi connectivity index (χ2n) is 11.1. The number of nitrogens with zero attached hydrogens (tertiary/aromatic N) is 2. The third kappa shape index (κ3) is 6.37. The van der Waals surface area contributed by atoms with Gasteiger partial charge < -0.3 is 19.1 Å². The summed E-state index contributed by atoms with van der Waals surface area (Å²) in [5.41, 5.74) is 2.28. The van der Waals surface area contributed by atoms with Gasteiger partial charge in [-0.15, -0.1) is 13.2 Å². The summed E-state index contributed by atoms with van der Waals surface area (Å²) in [6.07, 6.45) is -1.61. The van der Waals surface area contributed by atoms with Crippen LogP contribution in [0.3, 0.4) is 0 Å². The maximum absolute atomic E-state index is 12.6. The first-order valence-electron chi connectivity index (χ1n) is 12.5. The maximum atomic E-state index is 12.6. The van der Waals surface area contributed by atoms with E-state index < -0.39 is 12.3 Å². The molecule has 37 heavy (non-hydrogen) atoms. The first-order valence-corrected chi connectivity index (χ1v) is 12.5. The molecule has 0 bridgehead atoms. The summed E-state index contributed by atoms with van der Waals surface area (Å²) in [4.78, 5) is 16.8. The Balaban J connectivity index is 1.81. The lowest BCUT2D eigenvalue weighted by Crippen LogP contribution is -2.30. The molecular weight excluding hydrogens is 485 g/mol. The molecule has 4 rings (SSSR count). The fraction of sp³-hybridized carbons (Fsp3) is 0.500. The van der Waals surface area contributed by atoms with Gasteiger partial charge in [-0.25, -0.2) is 9.78 Å². The van der Waals surface area contributed by atoms with Gasteiger partial charge in [-0.3, -0.25) is 0 Å². The largest absolute Gasteiger partial charge is 0.573 e. The number of carboxylic acid groups (broad SMARTS) is 1. The van der Waals surface area contributed by atoms with Crippen LogP contribution >= 0.6 is 0 Å². The number of benzene rings is 2. The van der Waals surface area contributed by atoms with Gasteiger partial charge in [-0.2, -0.15) is 0 Å². The van der Waals surface area contributed by atoms with E-state index >= 15 is 0 Å². The van der Waals surface area contributed by atoms with Crippen molar-refractivity contribution in [3.63, 3.8) is 0 Å². The lowest BCUT2D eigenvalue weighted by atomic mass is 9.70. The monoisotopic (exact) mass is 518 g/mol. The Hall–Kier alpha value is -3.23. The zero-order valence-electron chi connectivity index (χ0n) is 21.7. The van der Waals surface area contributed by atoms with Gasteiger partial charge in [0.1, 0.15) is 22.9 Å². The molecule has 1 fully saturated rings. The zero-order chi connectivity index (χ0) is 27.1. The van der Waals surface area contributed by atoms with Crippen molar-refractivity contribution in [2.75, 3.05) is 0 Å². The first-order chi connectivity index (χ1) is 17.2. The average Bonchev–Trinajstić information content (AvgIpc) is 3.08. The summed E-state index contributed by atoms with van der Waals surface area (Å²) in [7, 11) is 0. The Labute approximate surface area is 214 Å². The summed E-state index contributed by atoms with van der Waals surface area (Å²) < 4.78 is 49.8. The maximum Gasteiger partial charge on any atom is 0.573 e. The van der Waals surface area contributed by atoms with Gasteiger partial charge in [-0.1, -0.05) is 32.9 Å². The van der Waals surface area contributed by atoms with E-state index in [0.29, 0.717) is 23.6 Å². The van der Waals surface area contributed by atoms with Gasteiger partial charge in [0.2, 0.25) is 0 Å². The number of halogens is 3. The van der Waals surface area contributed by atoms with Crippen molar-refractivity contribution < 1.29 is 32.5 Å². The van der Waals surface area contributed by atoms with Crippen molar-refractivity contribution in [2.24, 2.45) is 11.3 Å². The summed E-state index contributed by atoms with van der Waals surface area (Å²) in [5, 5.41) is 9.80. The molecule has 3 aromatic rings. The van der Waals surface area contributed by atoms with Gasteiger partial charge in [0.15, 0.2) is 0 Å².